The molecule has 1 aromatic carbocycles. The van der Waals surface area contributed by atoms with Crippen molar-refractivity contribution in [3.05, 3.63) is 35.6 Å². The number of nitrogens with two attached hydrogens (primary N) is 1. The highest BCUT2D eigenvalue weighted by Crippen LogP contribution is 2.11. The Balaban J connectivity index is 0.00000169. The fourth-order valence-electron chi connectivity index (χ4n) is 1.23. The van der Waals surface area contributed by atoms with Gasteiger partial charge in [-0.25, -0.2) is 4.39 Å². The van der Waals surface area contributed by atoms with E-state index in [1.165, 1.54) is 17.7 Å². The van der Waals surface area contributed by atoms with Crippen LogP contribution in [0.5, 0.6) is 0 Å². The molecule has 0 aliphatic heterocycles. The molecule has 1 rings (SSSR count). The molecule has 0 amide bonds. The molecule has 0 fully saturated rings. The second kappa shape index (κ2) is 5.49. The molecule has 2 N–H and O–H groups in total. The summed E-state index contributed by atoms with van der Waals surface area (Å²) in [5.41, 5.74) is 6.87. The molecule has 0 aliphatic rings. The van der Waals surface area contributed by atoms with Crippen molar-refractivity contribution in [2.45, 2.75) is 19.1 Å². The molecule has 0 bridgehead atoms. The lowest BCUT2D eigenvalue weighted by atomic mass is 10.2. The van der Waals surface area contributed by atoms with Crippen molar-refractivity contribution in [3.8, 4) is 0 Å². The molecule has 0 heterocycles. The third-order valence-electron chi connectivity index (χ3n) is 2.15. The summed E-state index contributed by atoms with van der Waals surface area (Å²) in [7, 11) is -1.28. The van der Waals surface area contributed by atoms with Gasteiger partial charge in [-0.3, -0.25) is 0 Å². The Hall–Kier alpha value is -0.383. The lowest BCUT2D eigenvalue weighted by molar-refractivity contribution is 0.627. The first-order valence-corrected chi connectivity index (χ1v) is 7.89. The topological polar surface area (TPSA) is 26.0 Å². The smallest absolute Gasteiger partial charge is 0.123 e. The molecule has 0 saturated carbocycles. The van der Waals surface area contributed by atoms with E-state index < -0.39 is 8.07 Å². The maximum atomic E-state index is 12.6. The van der Waals surface area contributed by atoms with Crippen LogP contribution >= 0.6 is 12.4 Å². The average molecular weight is 234 g/mol. The van der Waals surface area contributed by atoms with Crippen LogP contribution < -0.4 is 5.73 Å². The van der Waals surface area contributed by atoms with Gasteiger partial charge >= 0.3 is 0 Å². The van der Waals surface area contributed by atoms with Crippen LogP contribution in [0.2, 0.25) is 13.1 Å². The zero-order valence-corrected chi connectivity index (χ0v) is 10.4. The van der Waals surface area contributed by atoms with Crippen LogP contribution in [0.15, 0.2) is 24.3 Å². The molecule has 1 aromatic rings. The third kappa shape index (κ3) is 4.22. The van der Waals surface area contributed by atoms with Crippen molar-refractivity contribution in [1.29, 1.82) is 0 Å². The van der Waals surface area contributed by atoms with Crippen molar-refractivity contribution in [3.63, 3.8) is 0 Å². The Kier molecular flexibility index (Phi) is 5.34. The number of halogens is 2. The van der Waals surface area contributed by atoms with Gasteiger partial charge in [0.1, 0.15) is 5.82 Å². The van der Waals surface area contributed by atoms with Crippen molar-refractivity contribution < 1.29 is 4.39 Å². The third-order valence-corrected chi connectivity index (χ3v) is 4.62. The van der Waals surface area contributed by atoms with E-state index in [0.717, 1.165) is 12.2 Å². The standard InChI is InChI=1S/C10H16FNSi.ClH/c1-13(2,8-12)7-9-3-5-10(11)6-4-9;/h3-6H,7-8,12H2,1-2H3;1H. The van der Waals surface area contributed by atoms with E-state index in [4.69, 9.17) is 5.73 Å². The van der Waals surface area contributed by atoms with E-state index in [1.807, 2.05) is 12.1 Å². The average Bonchev–Trinajstić information content (AvgIpc) is 2.09. The first-order chi connectivity index (χ1) is 6.03. The Bertz CT molecular complexity index is 274. The first kappa shape index (κ1) is 13.6. The monoisotopic (exact) mass is 233 g/mol. The van der Waals surface area contributed by atoms with Gasteiger partial charge in [-0.15, -0.1) is 12.4 Å². The van der Waals surface area contributed by atoms with Crippen molar-refractivity contribution >= 4 is 20.5 Å². The van der Waals surface area contributed by atoms with Gasteiger partial charge in [0.15, 0.2) is 0 Å². The lowest BCUT2D eigenvalue weighted by Crippen LogP contribution is -2.39. The van der Waals surface area contributed by atoms with Gasteiger partial charge < -0.3 is 5.73 Å². The van der Waals surface area contributed by atoms with Gasteiger partial charge in [0.25, 0.3) is 0 Å². The molecule has 0 aliphatic carbocycles. The Morgan fingerprint density at radius 1 is 1.21 bits per heavy atom. The SMILES string of the molecule is C[Si](C)(CN)Cc1ccc(F)cc1.Cl. The molecule has 0 saturated heterocycles. The van der Waals surface area contributed by atoms with Gasteiger partial charge in [0, 0.05) is 0 Å². The van der Waals surface area contributed by atoms with Crippen molar-refractivity contribution in [2.75, 3.05) is 6.17 Å². The molecule has 1 nitrogen and oxygen atoms in total. The van der Waals surface area contributed by atoms with Gasteiger partial charge in [0.2, 0.25) is 0 Å². The molecular formula is C10H17ClFNSi. The summed E-state index contributed by atoms with van der Waals surface area (Å²) in [4.78, 5) is 0. The number of hydrogen-bond donors (Lipinski definition) is 1. The predicted octanol–water partition coefficient (Wildman–Crippen LogP) is 2.54. The van der Waals surface area contributed by atoms with Crippen LogP contribution in [-0.4, -0.2) is 14.2 Å². The summed E-state index contributed by atoms with van der Waals surface area (Å²) >= 11 is 0. The van der Waals surface area contributed by atoms with Crippen LogP contribution in [0, 0.1) is 5.82 Å². The molecule has 14 heavy (non-hydrogen) atoms. The highest BCUT2D eigenvalue weighted by atomic mass is 35.5. The Morgan fingerprint density at radius 3 is 2.14 bits per heavy atom. The summed E-state index contributed by atoms with van der Waals surface area (Å²) in [6.45, 7) is 4.49. The van der Waals surface area contributed by atoms with E-state index in [2.05, 4.69) is 13.1 Å². The van der Waals surface area contributed by atoms with E-state index in [9.17, 15) is 4.39 Å². The van der Waals surface area contributed by atoms with Crippen molar-refractivity contribution in [2.24, 2.45) is 5.73 Å². The number of rotatable bonds is 3. The molecule has 80 valence electrons. The Morgan fingerprint density at radius 2 is 1.71 bits per heavy atom. The van der Waals surface area contributed by atoms with Gasteiger partial charge in [-0.2, -0.15) is 0 Å². The minimum Gasteiger partial charge on any atom is -0.333 e. The normalized spacial score (nSPS) is 10.9. The first-order valence-electron chi connectivity index (χ1n) is 4.48. The van der Waals surface area contributed by atoms with Crippen LogP contribution in [0.1, 0.15) is 5.56 Å². The maximum Gasteiger partial charge on any atom is 0.123 e. The second-order valence-electron chi connectivity index (χ2n) is 4.17. The summed E-state index contributed by atoms with van der Waals surface area (Å²) in [6.07, 6.45) is 0.782. The molecule has 0 spiro atoms. The Labute approximate surface area is 91.9 Å². The quantitative estimate of drug-likeness (QED) is 0.798. The maximum absolute atomic E-state index is 12.6. The fourth-order valence-corrected chi connectivity index (χ4v) is 2.71. The molecule has 0 unspecified atom stereocenters. The highest BCUT2D eigenvalue weighted by molar-refractivity contribution is 6.77. The molecule has 0 radical (unpaired) electrons. The largest absolute Gasteiger partial charge is 0.333 e. The van der Waals surface area contributed by atoms with Crippen LogP contribution in [-0.2, 0) is 6.04 Å². The van der Waals surface area contributed by atoms with Gasteiger partial charge in [-0.05, 0) is 24.3 Å². The summed E-state index contributed by atoms with van der Waals surface area (Å²) in [5.74, 6) is -0.170. The van der Waals surface area contributed by atoms with Gasteiger partial charge in [0.05, 0.1) is 8.07 Å². The van der Waals surface area contributed by atoms with E-state index in [0.29, 0.717) is 0 Å². The van der Waals surface area contributed by atoms with E-state index in [1.54, 1.807) is 0 Å². The zero-order valence-electron chi connectivity index (χ0n) is 8.59. The van der Waals surface area contributed by atoms with E-state index in [-0.39, 0.29) is 18.2 Å². The molecule has 4 heteroatoms. The van der Waals surface area contributed by atoms with Crippen LogP contribution in [0.25, 0.3) is 0 Å². The zero-order chi connectivity index (χ0) is 9.90. The minimum atomic E-state index is -1.28. The van der Waals surface area contributed by atoms with Crippen LogP contribution in [0.4, 0.5) is 4.39 Å². The summed E-state index contributed by atoms with van der Waals surface area (Å²) in [6, 6.07) is 7.75. The molecule has 0 aromatic heterocycles. The van der Waals surface area contributed by atoms with Gasteiger partial charge in [-0.1, -0.05) is 30.8 Å². The van der Waals surface area contributed by atoms with Crippen molar-refractivity contribution in [1.82, 2.24) is 0 Å². The highest BCUT2D eigenvalue weighted by Gasteiger charge is 2.18. The number of hydrogen-bond acceptors (Lipinski definition) is 1. The summed E-state index contributed by atoms with van der Waals surface area (Å²) in [5, 5.41) is 0. The predicted molar refractivity (Wildman–Crippen MR) is 63.9 cm³/mol. The van der Waals surface area contributed by atoms with E-state index >= 15 is 0 Å². The second-order valence-corrected chi connectivity index (χ2v) is 9.26. The molecular weight excluding hydrogens is 217 g/mol. The minimum absolute atomic E-state index is 0. The lowest BCUT2D eigenvalue weighted by Gasteiger charge is -2.19. The summed E-state index contributed by atoms with van der Waals surface area (Å²) < 4.78 is 12.6. The van der Waals surface area contributed by atoms with Crippen LogP contribution in [0.3, 0.4) is 0 Å². The fraction of sp³-hybridized carbons (Fsp3) is 0.400. The molecule has 0 atom stereocenters. The number of benzene rings is 1.